The van der Waals surface area contributed by atoms with Gasteiger partial charge in [-0.05, 0) is 50.9 Å². The molecule has 4 heteroatoms. The highest BCUT2D eigenvalue weighted by Gasteiger charge is 2.19. The summed E-state index contributed by atoms with van der Waals surface area (Å²) in [6.07, 6.45) is 14.5. The summed E-state index contributed by atoms with van der Waals surface area (Å²) in [5, 5.41) is 6.83. The molecule has 0 aromatic heterocycles. The summed E-state index contributed by atoms with van der Waals surface area (Å²) in [6.45, 7) is 2.06. The van der Waals surface area contributed by atoms with Crippen molar-refractivity contribution in [3.8, 4) is 0 Å². The summed E-state index contributed by atoms with van der Waals surface area (Å²) in [5.41, 5.74) is 1.63. The van der Waals surface area contributed by atoms with Gasteiger partial charge in [-0.25, -0.2) is 0 Å². The van der Waals surface area contributed by atoms with Crippen LogP contribution >= 0.6 is 24.0 Å². The molecule has 1 fully saturated rings. The Hall–Kier alpha value is -0.260. The van der Waals surface area contributed by atoms with Gasteiger partial charge in [0.05, 0.1) is 0 Å². The standard InChI is InChI=1S/C16H29N3.HI/c1-17-16(18-12-5-8-15-9-10-15)19-13-11-14-6-3-2-4-7-14;/h6,15H,2-5,7-13H2,1H3,(H2,17,18,19);1H. The largest absolute Gasteiger partial charge is 0.356 e. The molecule has 2 N–H and O–H groups in total. The van der Waals surface area contributed by atoms with Gasteiger partial charge in [-0.3, -0.25) is 4.99 Å². The summed E-state index contributed by atoms with van der Waals surface area (Å²) >= 11 is 0. The Labute approximate surface area is 141 Å². The highest BCUT2D eigenvalue weighted by atomic mass is 127. The summed E-state index contributed by atoms with van der Waals surface area (Å²) in [5.74, 6) is 2.00. The second-order valence-corrected chi connectivity index (χ2v) is 5.87. The molecule has 0 spiro atoms. The van der Waals surface area contributed by atoms with E-state index in [0.29, 0.717) is 0 Å². The average Bonchev–Trinajstić information content (AvgIpc) is 3.27. The number of allylic oxidation sites excluding steroid dienone is 1. The Morgan fingerprint density at radius 2 is 2.05 bits per heavy atom. The van der Waals surface area contributed by atoms with Gasteiger partial charge in [0.2, 0.25) is 0 Å². The van der Waals surface area contributed by atoms with Crippen molar-refractivity contribution in [3.05, 3.63) is 11.6 Å². The Morgan fingerprint density at radius 1 is 1.25 bits per heavy atom. The first kappa shape index (κ1) is 17.8. The third kappa shape index (κ3) is 7.50. The molecule has 0 aromatic carbocycles. The van der Waals surface area contributed by atoms with Gasteiger partial charge in [0.25, 0.3) is 0 Å². The van der Waals surface area contributed by atoms with Crippen LogP contribution in [-0.4, -0.2) is 26.1 Å². The Morgan fingerprint density at radius 3 is 2.70 bits per heavy atom. The molecule has 0 radical (unpaired) electrons. The van der Waals surface area contributed by atoms with Crippen LogP contribution in [0, 0.1) is 5.92 Å². The van der Waals surface area contributed by atoms with E-state index in [-0.39, 0.29) is 24.0 Å². The van der Waals surface area contributed by atoms with E-state index in [9.17, 15) is 0 Å². The minimum atomic E-state index is 0. The lowest BCUT2D eigenvalue weighted by Crippen LogP contribution is -2.38. The first-order valence-electron chi connectivity index (χ1n) is 8.01. The lowest BCUT2D eigenvalue weighted by Gasteiger charge is -2.15. The normalized spacial score (nSPS) is 19.1. The van der Waals surface area contributed by atoms with Crippen molar-refractivity contribution < 1.29 is 0 Å². The molecule has 116 valence electrons. The van der Waals surface area contributed by atoms with Crippen LogP contribution in [0.1, 0.15) is 57.8 Å². The average molecular weight is 391 g/mol. The van der Waals surface area contributed by atoms with Crippen molar-refractivity contribution in [1.82, 2.24) is 10.6 Å². The second kappa shape index (κ2) is 10.5. The maximum absolute atomic E-state index is 4.28. The van der Waals surface area contributed by atoms with E-state index in [1.165, 1.54) is 57.8 Å². The number of nitrogens with one attached hydrogen (secondary N) is 2. The van der Waals surface area contributed by atoms with Crippen LogP contribution in [0.3, 0.4) is 0 Å². The predicted molar refractivity (Wildman–Crippen MR) is 97.9 cm³/mol. The van der Waals surface area contributed by atoms with E-state index < -0.39 is 0 Å². The molecule has 0 aliphatic heterocycles. The molecule has 0 aromatic rings. The number of nitrogens with zero attached hydrogens (tertiary/aromatic N) is 1. The minimum absolute atomic E-state index is 0. The minimum Gasteiger partial charge on any atom is -0.356 e. The van der Waals surface area contributed by atoms with Gasteiger partial charge in [-0.2, -0.15) is 0 Å². The molecule has 20 heavy (non-hydrogen) atoms. The van der Waals surface area contributed by atoms with E-state index >= 15 is 0 Å². The zero-order valence-corrected chi connectivity index (χ0v) is 15.1. The number of guanidine groups is 1. The van der Waals surface area contributed by atoms with Crippen LogP contribution in [0.4, 0.5) is 0 Å². The van der Waals surface area contributed by atoms with Gasteiger partial charge >= 0.3 is 0 Å². The molecule has 2 rings (SSSR count). The van der Waals surface area contributed by atoms with E-state index in [2.05, 4.69) is 21.7 Å². The molecule has 0 amide bonds. The molecule has 1 saturated carbocycles. The van der Waals surface area contributed by atoms with Gasteiger partial charge < -0.3 is 10.6 Å². The van der Waals surface area contributed by atoms with Crippen molar-refractivity contribution in [1.29, 1.82) is 0 Å². The molecular weight excluding hydrogens is 361 g/mol. The summed E-state index contributed by atoms with van der Waals surface area (Å²) in [7, 11) is 1.86. The number of rotatable bonds is 7. The van der Waals surface area contributed by atoms with E-state index in [0.717, 1.165) is 25.0 Å². The predicted octanol–water partition coefficient (Wildman–Crippen LogP) is 3.85. The molecule has 2 aliphatic carbocycles. The van der Waals surface area contributed by atoms with Crippen LogP contribution in [0.2, 0.25) is 0 Å². The van der Waals surface area contributed by atoms with Crippen LogP contribution in [0.15, 0.2) is 16.6 Å². The first-order valence-corrected chi connectivity index (χ1v) is 8.01. The highest BCUT2D eigenvalue weighted by molar-refractivity contribution is 14.0. The van der Waals surface area contributed by atoms with Gasteiger partial charge in [0, 0.05) is 20.1 Å². The summed E-state index contributed by atoms with van der Waals surface area (Å²) < 4.78 is 0. The van der Waals surface area contributed by atoms with Crippen molar-refractivity contribution in [2.24, 2.45) is 10.9 Å². The van der Waals surface area contributed by atoms with E-state index in [1.54, 1.807) is 5.57 Å². The zero-order chi connectivity index (χ0) is 13.3. The molecule has 0 saturated heterocycles. The Kier molecular flexibility index (Phi) is 9.31. The van der Waals surface area contributed by atoms with Crippen molar-refractivity contribution in [3.63, 3.8) is 0 Å². The number of halogens is 1. The highest BCUT2D eigenvalue weighted by Crippen LogP contribution is 2.33. The first-order chi connectivity index (χ1) is 9.38. The van der Waals surface area contributed by atoms with Crippen LogP contribution < -0.4 is 10.6 Å². The molecule has 2 aliphatic rings. The van der Waals surface area contributed by atoms with E-state index in [4.69, 9.17) is 0 Å². The van der Waals surface area contributed by atoms with Crippen molar-refractivity contribution in [2.75, 3.05) is 20.1 Å². The fraction of sp³-hybridized carbons (Fsp3) is 0.812. The van der Waals surface area contributed by atoms with Gasteiger partial charge in [0.1, 0.15) is 0 Å². The molecule has 0 unspecified atom stereocenters. The van der Waals surface area contributed by atoms with Gasteiger partial charge in [-0.15, -0.1) is 24.0 Å². The maximum Gasteiger partial charge on any atom is 0.190 e. The lowest BCUT2D eigenvalue weighted by molar-refractivity contribution is 0.640. The van der Waals surface area contributed by atoms with Crippen LogP contribution in [-0.2, 0) is 0 Å². The number of hydrogen-bond donors (Lipinski definition) is 2. The third-order valence-electron chi connectivity index (χ3n) is 4.13. The monoisotopic (exact) mass is 391 g/mol. The lowest BCUT2D eigenvalue weighted by atomic mass is 9.97. The number of hydrogen-bond acceptors (Lipinski definition) is 1. The molecule has 0 bridgehead atoms. The van der Waals surface area contributed by atoms with Crippen molar-refractivity contribution >= 4 is 29.9 Å². The quantitative estimate of drug-likeness (QED) is 0.227. The molecule has 0 heterocycles. The molecular formula is C16H30IN3. The Balaban J connectivity index is 0.00000200. The smallest absolute Gasteiger partial charge is 0.190 e. The van der Waals surface area contributed by atoms with Crippen molar-refractivity contribution in [2.45, 2.75) is 57.8 Å². The summed E-state index contributed by atoms with van der Waals surface area (Å²) in [4.78, 5) is 4.28. The van der Waals surface area contributed by atoms with Gasteiger partial charge in [-0.1, -0.05) is 24.5 Å². The Bertz CT molecular complexity index is 322. The fourth-order valence-electron chi connectivity index (χ4n) is 2.70. The second-order valence-electron chi connectivity index (χ2n) is 5.87. The topological polar surface area (TPSA) is 36.4 Å². The molecule has 3 nitrogen and oxygen atoms in total. The number of aliphatic imine (C=N–C) groups is 1. The van der Waals surface area contributed by atoms with Crippen LogP contribution in [0.25, 0.3) is 0 Å². The van der Waals surface area contributed by atoms with Crippen LogP contribution in [0.5, 0.6) is 0 Å². The molecule has 0 atom stereocenters. The summed E-state index contributed by atoms with van der Waals surface area (Å²) in [6, 6.07) is 0. The maximum atomic E-state index is 4.28. The fourth-order valence-corrected chi connectivity index (χ4v) is 2.70. The SMILES string of the molecule is CN=C(NCCCC1CC1)NCCC1=CCCCC1.I. The van der Waals surface area contributed by atoms with E-state index in [1.807, 2.05) is 7.05 Å². The van der Waals surface area contributed by atoms with Gasteiger partial charge in [0.15, 0.2) is 5.96 Å². The third-order valence-corrected chi connectivity index (χ3v) is 4.13. The zero-order valence-electron chi connectivity index (χ0n) is 12.8.